The zero-order valence-corrected chi connectivity index (χ0v) is 14.5. The van der Waals surface area contributed by atoms with E-state index in [1.807, 2.05) is 0 Å². The topological polar surface area (TPSA) is 91.0 Å². The number of methoxy groups -OCH3 is 3. The lowest BCUT2D eigenvalue weighted by atomic mass is 10.1. The summed E-state index contributed by atoms with van der Waals surface area (Å²) in [6.45, 7) is -0.166. The largest absolute Gasteiger partial charge is 0.493 e. The molecule has 0 heterocycles. The minimum Gasteiger partial charge on any atom is -0.493 e. The summed E-state index contributed by atoms with van der Waals surface area (Å²) < 4.78 is 15.8. The first-order chi connectivity index (χ1) is 11.5. The van der Waals surface area contributed by atoms with Crippen molar-refractivity contribution in [2.75, 3.05) is 27.1 Å². The summed E-state index contributed by atoms with van der Waals surface area (Å²) in [4.78, 5) is 13.1. The van der Waals surface area contributed by atoms with Crippen LogP contribution >= 0.6 is 11.8 Å². The highest BCUT2D eigenvalue weighted by atomic mass is 32.2. The van der Waals surface area contributed by atoms with Crippen LogP contribution in [0.1, 0.15) is 15.9 Å². The highest BCUT2D eigenvalue weighted by molar-refractivity contribution is 8.14. The molecule has 0 fully saturated rings. The molecule has 0 aliphatic heterocycles. The smallest absolute Gasteiger partial charge is 0.224 e. The molecule has 3 N–H and O–H groups in total. The zero-order chi connectivity index (χ0) is 17.7. The maximum atomic E-state index is 12.5. The number of anilines is 1. The Bertz CT molecular complexity index is 723. The van der Waals surface area contributed by atoms with Crippen LogP contribution in [0.4, 0.5) is 5.69 Å². The zero-order valence-electron chi connectivity index (χ0n) is 13.7. The highest BCUT2D eigenvalue weighted by Crippen LogP contribution is 2.41. The number of carbonyl (C=O) groups is 1. The van der Waals surface area contributed by atoms with Crippen molar-refractivity contribution in [3.8, 4) is 17.2 Å². The van der Waals surface area contributed by atoms with E-state index >= 15 is 0 Å². The van der Waals surface area contributed by atoms with Gasteiger partial charge in [0, 0.05) is 21.7 Å². The van der Waals surface area contributed by atoms with E-state index in [0.29, 0.717) is 39.0 Å². The van der Waals surface area contributed by atoms with E-state index in [9.17, 15) is 4.79 Å². The minimum atomic E-state index is -0.180. The SMILES string of the molecule is COc1cc(SC(=O)c2ccc(CO)c(N)c2)cc(OC)c1OC. The molecule has 0 bridgehead atoms. The maximum Gasteiger partial charge on any atom is 0.224 e. The van der Waals surface area contributed by atoms with E-state index in [0.717, 1.165) is 11.8 Å². The molecule has 0 aliphatic carbocycles. The number of benzene rings is 2. The van der Waals surface area contributed by atoms with Gasteiger partial charge in [0.05, 0.1) is 27.9 Å². The normalized spacial score (nSPS) is 10.3. The van der Waals surface area contributed by atoms with Crippen molar-refractivity contribution in [1.29, 1.82) is 0 Å². The first-order valence-electron chi connectivity index (χ1n) is 7.05. The summed E-state index contributed by atoms with van der Waals surface area (Å²) >= 11 is 1.02. The first kappa shape index (κ1) is 18.0. The second kappa shape index (κ2) is 7.94. The molecule has 0 aromatic heterocycles. The monoisotopic (exact) mass is 349 g/mol. The van der Waals surface area contributed by atoms with E-state index in [1.165, 1.54) is 21.3 Å². The number of nitrogens with two attached hydrogens (primary N) is 1. The molecule has 0 saturated heterocycles. The van der Waals surface area contributed by atoms with E-state index < -0.39 is 0 Å². The van der Waals surface area contributed by atoms with Gasteiger partial charge in [0.15, 0.2) is 11.5 Å². The van der Waals surface area contributed by atoms with Crippen LogP contribution in [-0.2, 0) is 6.61 Å². The molecule has 128 valence electrons. The number of thioether (sulfide) groups is 1. The van der Waals surface area contributed by atoms with Crippen LogP contribution in [0.15, 0.2) is 35.2 Å². The molecule has 2 aromatic carbocycles. The van der Waals surface area contributed by atoms with Crippen molar-refractivity contribution in [3.63, 3.8) is 0 Å². The summed E-state index contributed by atoms with van der Waals surface area (Å²) in [5.41, 5.74) is 7.23. The Morgan fingerprint density at radius 1 is 1.08 bits per heavy atom. The minimum absolute atomic E-state index is 0.166. The fraction of sp³-hybridized carbons (Fsp3) is 0.235. The van der Waals surface area contributed by atoms with E-state index in [-0.39, 0.29) is 11.7 Å². The molecule has 24 heavy (non-hydrogen) atoms. The summed E-state index contributed by atoms with van der Waals surface area (Å²) in [6.07, 6.45) is 0. The van der Waals surface area contributed by atoms with Crippen molar-refractivity contribution in [2.45, 2.75) is 11.5 Å². The van der Waals surface area contributed by atoms with Gasteiger partial charge in [-0.05, 0) is 36.0 Å². The van der Waals surface area contributed by atoms with Crippen LogP contribution in [0.25, 0.3) is 0 Å². The van der Waals surface area contributed by atoms with Crippen LogP contribution < -0.4 is 19.9 Å². The van der Waals surface area contributed by atoms with E-state index in [2.05, 4.69) is 0 Å². The summed E-state index contributed by atoms with van der Waals surface area (Å²) in [5, 5.41) is 8.96. The van der Waals surface area contributed by atoms with Crippen molar-refractivity contribution >= 4 is 22.6 Å². The van der Waals surface area contributed by atoms with Crippen LogP contribution in [-0.4, -0.2) is 31.6 Å². The van der Waals surface area contributed by atoms with Gasteiger partial charge in [0.1, 0.15) is 0 Å². The number of hydrogen-bond donors (Lipinski definition) is 2. The van der Waals surface area contributed by atoms with Gasteiger partial charge in [-0.2, -0.15) is 0 Å². The van der Waals surface area contributed by atoms with Gasteiger partial charge < -0.3 is 25.1 Å². The molecule has 2 rings (SSSR count). The number of carbonyl (C=O) groups excluding carboxylic acids is 1. The lowest BCUT2D eigenvalue weighted by molar-refractivity contribution is 0.108. The van der Waals surface area contributed by atoms with Crippen LogP contribution in [0, 0.1) is 0 Å². The quantitative estimate of drug-likeness (QED) is 0.612. The molecule has 0 atom stereocenters. The van der Waals surface area contributed by atoms with E-state index in [4.69, 9.17) is 25.1 Å². The van der Waals surface area contributed by atoms with Gasteiger partial charge in [-0.15, -0.1) is 0 Å². The van der Waals surface area contributed by atoms with Crippen molar-refractivity contribution in [2.24, 2.45) is 0 Å². The van der Waals surface area contributed by atoms with Gasteiger partial charge in [0.2, 0.25) is 10.9 Å². The van der Waals surface area contributed by atoms with Gasteiger partial charge >= 0.3 is 0 Å². The lowest BCUT2D eigenvalue weighted by Gasteiger charge is -2.13. The number of rotatable bonds is 6. The van der Waals surface area contributed by atoms with Crippen LogP contribution in [0.5, 0.6) is 17.2 Å². The second-order valence-electron chi connectivity index (χ2n) is 4.82. The molecule has 0 amide bonds. The fourth-order valence-corrected chi connectivity index (χ4v) is 2.94. The van der Waals surface area contributed by atoms with Gasteiger partial charge in [0.25, 0.3) is 0 Å². The van der Waals surface area contributed by atoms with Crippen LogP contribution in [0.3, 0.4) is 0 Å². The number of aliphatic hydroxyl groups is 1. The van der Waals surface area contributed by atoms with Crippen molar-refractivity contribution in [3.05, 3.63) is 41.5 Å². The van der Waals surface area contributed by atoms with Crippen LogP contribution in [0.2, 0.25) is 0 Å². The Hall–Kier alpha value is -2.38. The molecule has 0 aliphatic rings. The standard InChI is InChI=1S/C17H19NO5S/c1-21-14-7-12(8-15(22-2)16(14)23-3)24-17(20)10-4-5-11(9-19)13(18)6-10/h4-8,19H,9,18H2,1-3H3. The summed E-state index contributed by atoms with van der Waals surface area (Å²) in [7, 11) is 4.55. The molecule has 0 spiro atoms. The van der Waals surface area contributed by atoms with E-state index in [1.54, 1.807) is 30.3 Å². The number of nitrogen functional groups attached to an aromatic ring is 1. The fourth-order valence-electron chi connectivity index (χ4n) is 2.15. The van der Waals surface area contributed by atoms with Gasteiger partial charge in [-0.1, -0.05) is 6.07 Å². The third kappa shape index (κ3) is 3.74. The Kier molecular flexibility index (Phi) is 5.94. The Morgan fingerprint density at radius 2 is 1.71 bits per heavy atom. The third-order valence-corrected chi connectivity index (χ3v) is 4.29. The third-order valence-electron chi connectivity index (χ3n) is 3.40. The molecular formula is C17H19NO5S. The van der Waals surface area contributed by atoms with Crippen molar-refractivity contribution < 1.29 is 24.1 Å². The second-order valence-corrected chi connectivity index (χ2v) is 5.87. The molecule has 2 aromatic rings. The van der Waals surface area contributed by atoms with Gasteiger partial charge in [-0.3, -0.25) is 4.79 Å². The average Bonchev–Trinajstić information content (AvgIpc) is 2.60. The first-order valence-corrected chi connectivity index (χ1v) is 7.87. The summed E-state index contributed by atoms with van der Waals surface area (Å²) in [5.74, 6) is 1.41. The molecule has 6 nitrogen and oxygen atoms in total. The molecule has 0 saturated carbocycles. The highest BCUT2D eigenvalue weighted by Gasteiger charge is 2.16. The number of ether oxygens (including phenoxy) is 3. The molecule has 7 heteroatoms. The van der Waals surface area contributed by atoms with Crippen molar-refractivity contribution in [1.82, 2.24) is 0 Å². The Labute approximate surface area is 144 Å². The number of aliphatic hydroxyl groups excluding tert-OH is 1. The predicted molar refractivity (Wildman–Crippen MR) is 93.1 cm³/mol. The Balaban J connectivity index is 2.30. The lowest BCUT2D eigenvalue weighted by Crippen LogP contribution is -2.00. The maximum absolute atomic E-state index is 12.5. The molecule has 0 unspecified atom stereocenters. The number of hydrogen-bond acceptors (Lipinski definition) is 7. The predicted octanol–water partition coefficient (Wildman–Crippen LogP) is 2.72. The summed E-state index contributed by atoms with van der Waals surface area (Å²) in [6, 6.07) is 8.23. The Morgan fingerprint density at radius 3 is 2.17 bits per heavy atom. The molecule has 0 radical (unpaired) electrons. The average molecular weight is 349 g/mol. The van der Waals surface area contributed by atoms with Gasteiger partial charge in [-0.25, -0.2) is 0 Å². The molecular weight excluding hydrogens is 330 g/mol.